The lowest BCUT2D eigenvalue weighted by molar-refractivity contribution is -0.393. The number of hydrogen-bond acceptors (Lipinski definition) is 8. The van der Waals surface area contributed by atoms with E-state index < -0.39 is 33.2 Å². The topological polar surface area (TPSA) is 146 Å². The van der Waals surface area contributed by atoms with Crippen molar-refractivity contribution < 1.29 is 24.1 Å². The monoisotopic (exact) mass is 360 g/mol. The van der Waals surface area contributed by atoms with Crippen molar-refractivity contribution in [3.8, 4) is 11.5 Å². The van der Waals surface area contributed by atoms with Crippen molar-refractivity contribution in [2.75, 3.05) is 12.0 Å². The van der Waals surface area contributed by atoms with Crippen LogP contribution >= 0.6 is 0 Å². The zero-order chi connectivity index (χ0) is 18.7. The summed E-state index contributed by atoms with van der Waals surface area (Å²) in [6.45, 7) is -0.0348. The number of nitrogens with one attached hydrogen (secondary N) is 2. The van der Waals surface area contributed by atoms with Gasteiger partial charge in [0.25, 0.3) is 11.6 Å². The molecule has 26 heavy (non-hydrogen) atoms. The Hall–Kier alpha value is -3.89. The Bertz CT molecular complexity index is 886. The lowest BCUT2D eigenvalue weighted by Gasteiger charge is -2.25. The molecule has 2 N–H and O–H groups in total. The molecule has 1 aliphatic rings. The highest BCUT2D eigenvalue weighted by Gasteiger charge is 2.28. The first-order valence-electron chi connectivity index (χ1n) is 7.33. The standard InChI is InChI=1S/C15H12N4O7/c20-15(14-8-25-12-3-1-2-4-13(12)26-14)17-16-10-6-5-9(18(21)22)7-11(10)19(23)24/h1-7,14,16H,8H2,(H,17,20)/t14-/m0/s1. The largest absolute Gasteiger partial charge is 0.485 e. The Balaban J connectivity index is 1.68. The van der Waals surface area contributed by atoms with Crippen LogP contribution in [0.15, 0.2) is 42.5 Å². The first kappa shape index (κ1) is 17.0. The SMILES string of the molecule is O=C(NNc1ccc([N+](=O)[O-])cc1[N+](=O)[O-])[C@@H]1COc2ccccc2O1. The van der Waals surface area contributed by atoms with E-state index in [4.69, 9.17) is 9.47 Å². The molecular formula is C15H12N4O7. The van der Waals surface area contributed by atoms with Crippen LogP contribution in [0.25, 0.3) is 0 Å². The second-order valence-electron chi connectivity index (χ2n) is 5.19. The number of hydrazine groups is 1. The van der Waals surface area contributed by atoms with E-state index in [9.17, 15) is 25.0 Å². The molecule has 0 fully saturated rings. The fourth-order valence-corrected chi connectivity index (χ4v) is 2.25. The van der Waals surface area contributed by atoms with E-state index in [1.807, 2.05) is 0 Å². The van der Waals surface area contributed by atoms with Gasteiger partial charge in [-0.25, -0.2) is 0 Å². The molecule has 0 unspecified atom stereocenters. The molecule has 0 aliphatic carbocycles. The number of rotatable bonds is 5. The molecule has 0 radical (unpaired) electrons. The van der Waals surface area contributed by atoms with E-state index in [2.05, 4.69) is 10.9 Å². The molecule has 0 aromatic heterocycles. The van der Waals surface area contributed by atoms with Gasteiger partial charge in [0.2, 0.25) is 6.10 Å². The second-order valence-corrected chi connectivity index (χ2v) is 5.19. The second kappa shape index (κ2) is 6.93. The fraction of sp³-hybridized carbons (Fsp3) is 0.133. The molecule has 1 aliphatic heterocycles. The lowest BCUT2D eigenvalue weighted by atomic mass is 10.2. The van der Waals surface area contributed by atoms with Gasteiger partial charge in [0, 0.05) is 6.07 Å². The quantitative estimate of drug-likeness (QED) is 0.606. The van der Waals surface area contributed by atoms with Crippen LogP contribution in [0.3, 0.4) is 0 Å². The normalized spacial score (nSPS) is 15.0. The van der Waals surface area contributed by atoms with Crippen LogP contribution in [0.5, 0.6) is 11.5 Å². The van der Waals surface area contributed by atoms with Gasteiger partial charge in [0.15, 0.2) is 11.5 Å². The molecule has 2 aromatic carbocycles. The summed E-state index contributed by atoms with van der Waals surface area (Å²) in [4.78, 5) is 32.4. The summed E-state index contributed by atoms with van der Waals surface area (Å²) in [6, 6.07) is 9.83. The number of carbonyl (C=O) groups excluding carboxylic acids is 1. The predicted octanol–water partition coefficient (Wildman–Crippen LogP) is 1.79. The van der Waals surface area contributed by atoms with Gasteiger partial charge in [0.05, 0.1) is 15.9 Å². The van der Waals surface area contributed by atoms with Crippen LogP contribution in [0.4, 0.5) is 17.1 Å². The zero-order valence-corrected chi connectivity index (χ0v) is 13.1. The van der Waals surface area contributed by atoms with Crippen LogP contribution in [-0.2, 0) is 4.79 Å². The van der Waals surface area contributed by atoms with Gasteiger partial charge >= 0.3 is 5.69 Å². The third-order valence-corrected chi connectivity index (χ3v) is 3.51. The summed E-state index contributed by atoms with van der Waals surface area (Å²) < 4.78 is 10.9. The Labute approximate surface area is 145 Å². The molecule has 2 aromatic rings. The average Bonchev–Trinajstić information content (AvgIpc) is 2.65. The molecule has 11 heteroatoms. The molecule has 0 bridgehead atoms. The number of nitro benzene ring substituents is 2. The summed E-state index contributed by atoms with van der Waals surface area (Å²) in [5, 5.41) is 21.8. The summed E-state index contributed by atoms with van der Waals surface area (Å²) in [7, 11) is 0. The van der Waals surface area contributed by atoms with Crippen LogP contribution in [0.1, 0.15) is 0 Å². The third kappa shape index (κ3) is 3.45. The van der Waals surface area contributed by atoms with Crippen molar-refractivity contribution in [2.45, 2.75) is 6.10 Å². The summed E-state index contributed by atoms with van der Waals surface area (Å²) in [5.41, 5.74) is 3.57. The number of fused-ring (bicyclic) bond motifs is 1. The van der Waals surface area contributed by atoms with Gasteiger partial charge < -0.3 is 9.47 Å². The molecular weight excluding hydrogens is 348 g/mol. The summed E-state index contributed by atoms with van der Waals surface area (Å²) >= 11 is 0. The van der Waals surface area contributed by atoms with Crippen LogP contribution in [-0.4, -0.2) is 28.5 Å². The molecule has 0 saturated carbocycles. The van der Waals surface area contributed by atoms with Gasteiger partial charge in [-0.3, -0.25) is 35.9 Å². The van der Waals surface area contributed by atoms with Crippen molar-refractivity contribution in [3.63, 3.8) is 0 Å². The number of non-ortho nitro benzene ring substituents is 1. The highest BCUT2D eigenvalue weighted by Crippen LogP contribution is 2.31. The number of para-hydroxylation sites is 2. The van der Waals surface area contributed by atoms with Crippen molar-refractivity contribution in [1.82, 2.24) is 5.43 Å². The molecule has 3 rings (SSSR count). The van der Waals surface area contributed by atoms with E-state index in [1.54, 1.807) is 24.3 Å². The van der Waals surface area contributed by atoms with Crippen LogP contribution in [0.2, 0.25) is 0 Å². The Morgan fingerprint density at radius 1 is 1.08 bits per heavy atom. The van der Waals surface area contributed by atoms with Gasteiger partial charge in [-0.05, 0) is 18.2 Å². The van der Waals surface area contributed by atoms with Crippen LogP contribution in [0, 0.1) is 20.2 Å². The van der Waals surface area contributed by atoms with Crippen LogP contribution < -0.4 is 20.3 Å². The maximum atomic E-state index is 12.2. The number of carbonyl (C=O) groups is 1. The molecule has 11 nitrogen and oxygen atoms in total. The van der Waals surface area contributed by atoms with Crippen molar-refractivity contribution >= 4 is 23.0 Å². The number of benzene rings is 2. The zero-order valence-electron chi connectivity index (χ0n) is 13.1. The fourth-order valence-electron chi connectivity index (χ4n) is 2.25. The number of nitrogens with zero attached hydrogens (tertiary/aromatic N) is 2. The van der Waals surface area contributed by atoms with Crippen molar-refractivity contribution in [1.29, 1.82) is 0 Å². The Kier molecular flexibility index (Phi) is 4.51. The number of hydrogen-bond donors (Lipinski definition) is 2. The first-order valence-corrected chi connectivity index (χ1v) is 7.33. The average molecular weight is 360 g/mol. The molecule has 1 heterocycles. The number of ether oxygens (including phenoxy) is 2. The Morgan fingerprint density at radius 3 is 2.50 bits per heavy atom. The third-order valence-electron chi connectivity index (χ3n) is 3.51. The molecule has 1 atom stereocenters. The maximum absolute atomic E-state index is 12.2. The minimum absolute atomic E-state index is 0.0348. The van der Waals surface area contributed by atoms with Crippen molar-refractivity contribution in [2.24, 2.45) is 0 Å². The van der Waals surface area contributed by atoms with Gasteiger partial charge in [0.1, 0.15) is 12.3 Å². The molecule has 134 valence electrons. The van der Waals surface area contributed by atoms with Crippen molar-refractivity contribution in [3.05, 3.63) is 62.7 Å². The lowest BCUT2D eigenvalue weighted by Crippen LogP contribution is -2.46. The molecule has 1 amide bonds. The first-order chi connectivity index (χ1) is 12.5. The minimum atomic E-state index is -0.963. The van der Waals surface area contributed by atoms with Gasteiger partial charge in [-0.1, -0.05) is 12.1 Å². The maximum Gasteiger partial charge on any atom is 0.300 e. The van der Waals surface area contributed by atoms with Gasteiger partial charge in [-0.15, -0.1) is 0 Å². The molecule has 0 saturated heterocycles. The van der Waals surface area contributed by atoms with E-state index in [-0.39, 0.29) is 12.3 Å². The van der Waals surface area contributed by atoms with E-state index in [0.29, 0.717) is 11.5 Å². The summed E-state index contributed by atoms with van der Waals surface area (Å²) in [5.74, 6) is 0.294. The van der Waals surface area contributed by atoms with E-state index in [0.717, 1.165) is 18.2 Å². The van der Waals surface area contributed by atoms with E-state index in [1.165, 1.54) is 0 Å². The highest BCUT2D eigenvalue weighted by atomic mass is 16.6. The van der Waals surface area contributed by atoms with E-state index >= 15 is 0 Å². The smallest absolute Gasteiger partial charge is 0.300 e. The Morgan fingerprint density at radius 2 is 1.81 bits per heavy atom. The highest BCUT2D eigenvalue weighted by molar-refractivity contribution is 5.83. The number of anilines is 1. The van der Waals surface area contributed by atoms with Gasteiger partial charge in [-0.2, -0.15) is 0 Å². The molecule has 0 spiro atoms. The number of nitro groups is 2. The number of amides is 1. The summed E-state index contributed by atoms with van der Waals surface area (Å²) in [6.07, 6.45) is -0.963. The minimum Gasteiger partial charge on any atom is -0.485 e. The predicted molar refractivity (Wildman–Crippen MR) is 87.9 cm³/mol.